The summed E-state index contributed by atoms with van der Waals surface area (Å²) in [6.45, 7) is 0. The first kappa shape index (κ1) is 13.6. The minimum atomic E-state index is -0.788. The second kappa shape index (κ2) is 5.21. The summed E-state index contributed by atoms with van der Waals surface area (Å²) >= 11 is 0. The molecule has 2 aromatic rings. The van der Waals surface area contributed by atoms with Crippen molar-refractivity contribution in [3.8, 4) is 6.07 Å². The number of nitrogens with zero attached hydrogens (tertiary/aromatic N) is 3. The summed E-state index contributed by atoms with van der Waals surface area (Å²) < 4.78 is 4.70. The summed E-state index contributed by atoms with van der Waals surface area (Å²) in [6, 6.07) is 10.9. The maximum Gasteiger partial charge on any atom is 0.288 e. The van der Waals surface area contributed by atoms with Gasteiger partial charge in [0.15, 0.2) is 4.60 Å². The molecule has 2 atom stereocenters. The van der Waals surface area contributed by atoms with Crippen molar-refractivity contribution in [2.75, 3.05) is 0 Å². The molecule has 8 heteroatoms. The fourth-order valence-corrected chi connectivity index (χ4v) is 2.56. The van der Waals surface area contributed by atoms with Gasteiger partial charge in [-0.15, -0.1) is 0 Å². The van der Waals surface area contributed by atoms with E-state index in [4.69, 9.17) is 0 Å². The smallest absolute Gasteiger partial charge is 0.288 e. The highest BCUT2D eigenvalue weighted by Crippen LogP contribution is 2.32. The monoisotopic (exact) mass is 298 g/mol. The molecule has 22 heavy (non-hydrogen) atoms. The molecule has 0 saturated carbocycles. The molecule has 1 N–H and O–H groups in total. The number of benzene rings is 1. The van der Waals surface area contributed by atoms with Crippen LogP contribution in [-0.2, 0) is 0 Å². The standard InChI is InChI=1S/C14H10N4O4/c15-8-11(9-4-2-1-3-5-9)10-6-7-12-13(14(10)17(19)20)16-22-18(12)21/h1-7,10-11,16H. The van der Waals surface area contributed by atoms with E-state index in [0.717, 1.165) is 0 Å². The number of hydrogen-bond acceptors (Lipinski definition) is 5. The quantitative estimate of drug-likeness (QED) is 0.660. The molecule has 0 bridgehead atoms. The first-order chi connectivity index (χ1) is 10.6. The van der Waals surface area contributed by atoms with Crippen LogP contribution in [0.2, 0.25) is 0 Å². The average Bonchev–Trinajstić information content (AvgIpc) is 2.90. The van der Waals surface area contributed by atoms with Gasteiger partial charge in [0.1, 0.15) is 0 Å². The molecular formula is C14H10N4O4. The molecule has 0 aliphatic heterocycles. The molecule has 0 saturated heterocycles. The second-order valence-corrected chi connectivity index (χ2v) is 4.76. The van der Waals surface area contributed by atoms with E-state index in [1.165, 1.54) is 12.2 Å². The zero-order chi connectivity index (χ0) is 15.7. The number of aromatic nitrogens is 2. The van der Waals surface area contributed by atoms with Crippen LogP contribution in [0.15, 0.2) is 41.0 Å². The summed E-state index contributed by atoms with van der Waals surface area (Å²) in [5.41, 5.74) is 0.420. The van der Waals surface area contributed by atoms with Crippen LogP contribution in [0, 0.1) is 32.6 Å². The lowest BCUT2D eigenvalue weighted by Gasteiger charge is -2.21. The van der Waals surface area contributed by atoms with E-state index in [-0.39, 0.29) is 21.7 Å². The molecular weight excluding hydrogens is 288 g/mol. The summed E-state index contributed by atoms with van der Waals surface area (Å²) in [4.78, 5) is 10.8. The van der Waals surface area contributed by atoms with Gasteiger partial charge in [0.2, 0.25) is 0 Å². The van der Waals surface area contributed by atoms with Gasteiger partial charge < -0.3 is 10.4 Å². The Hall–Kier alpha value is -3.34. The number of nitrogens with one attached hydrogen (secondary N) is 1. The lowest BCUT2D eigenvalue weighted by molar-refractivity contribution is -0.714. The van der Waals surface area contributed by atoms with Gasteiger partial charge in [0.25, 0.3) is 17.1 Å². The van der Waals surface area contributed by atoms with Gasteiger partial charge in [-0.2, -0.15) is 10.2 Å². The highest BCUT2D eigenvalue weighted by atomic mass is 16.8. The predicted octanol–water partition coefficient (Wildman–Crippen LogP) is 1.27. The Morgan fingerprint density at radius 3 is 2.73 bits per heavy atom. The maximum atomic E-state index is 11.4. The molecule has 0 spiro atoms. The predicted molar refractivity (Wildman–Crippen MR) is 74.8 cm³/mol. The zero-order valence-electron chi connectivity index (χ0n) is 11.2. The second-order valence-electron chi connectivity index (χ2n) is 4.76. The van der Waals surface area contributed by atoms with Gasteiger partial charge >= 0.3 is 0 Å². The number of rotatable bonds is 2. The third kappa shape index (κ3) is 2.05. The number of allylic oxidation sites excluding steroid dienone is 1. The Morgan fingerprint density at radius 1 is 1.36 bits per heavy atom. The lowest BCUT2D eigenvalue weighted by atomic mass is 9.80. The first-order valence-corrected chi connectivity index (χ1v) is 6.42. The van der Waals surface area contributed by atoms with Gasteiger partial charge in [0, 0.05) is 0 Å². The molecule has 0 fully saturated rings. The van der Waals surface area contributed by atoms with Crippen molar-refractivity contribution in [1.82, 2.24) is 5.16 Å². The van der Waals surface area contributed by atoms with E-state index in [1.807, 2.05) is 0 Å². The van der Waals surface area contributed by atoms with E-state index in [1.54, 1.807) is 30.3 Å². The molecule has 0 amide bonds. The molecule has 1 aromatic carbocycles. The van der Waals surface area contributed by atoms with Crippen molar-refractivity contribution in [2.45, 2.75) is 5.92 Å². The molecule has 1 aromatic heterocycles. The molecule has 0 radical (unpaired) electrons. The van der Waals surface area contributed by atoms with Crippen LogP contribution in [0.1, 0.15) is 22.9 Å². The first-order valence-electron chi connectivity index (χ1n) is 6.42. The topological polar surface area (TPSA) is 125 Å². The van der Waals surface area contributed by atoms with Crippen LogP contribution >= 0.6 is 0 Å². The van der Waals surface area contributed by atoms with Crippen molar-refractivity contribution in [1.29, 1.82) is 5.26 Å². The summed E-state index contributed by atoms with van der Waals surface area (Å²) in [5.74, 6) is -1.53. The van der Waals surface area contributed by atoms with Crippen molar-refractivity contribution >= 4 is 11.8 Å². The van der Waals surface area contributed by atoms with Gasteiger partial charge in [-0.3, -0.25) is 0 Å². The van der Waals surface area contributed by atoms with Gasteiger partial charge in [-0.25, -0.2) is 0 Å². The average molecular weight is 298 g/mol. The SMILES string of the molecule is N#CC(c1ccccc1)C1C=Cc2c([nH]o[n+]2=O)C1=[N+]([O-])[O-]. The van der Waals surface area contributed by atoms with E-state index in [0.29, 0.717) is 5.56 Å². The van der Waals surface area contributed by atoms with Crippen LogP contribution in [0.3, 0.4) is 0 Å². The fraction of sp³-hybridized carbons (Fsp3) is 0.143. The molecule has 1 aliphatic rings. The van der Waals surface area contributed by atoms with E-state index in [9.17, 15) is 20.6 Å². The summed E-state index contributed by atoms with van der Waals surface area (Å²) in [7, 11) is 0. The van der Waals surface area contributed by atoms with E-state index in [2.05, 4.69) is 15.9 Å². The number of hydrogen-bond donors (Lipinski definition) is 1. The maximum absolute atomic E-state index is 11.4. The highest BCUT2D eigenvalue weighted by Gasteiger charge is 2.41. The zero-order valence-corrected chi connectivity index (χ0v) is 11.2. The Balaban J connectivity index is 2.14. The van der Waals surface area contributed by atoms with Crippen molar-refractivity contribution in [3.63, 3.8) is 0 Å². The Morgan fingerprint density at radius 2 is 2.09 bits per heavy atom. The molecule has 1 heterocycles. The van der Waals surface area contributed by atoms with Crippen molar-refractivity contribution in [3.05, 3.63) is 68.7 Å². The largest absolute Gasteiger partial charge is 0.612 e. The number of nitriles is 1. The molecule has 2 unspecified atom stereocenters. The van der Waals surface area contributed by atoms with E-state index < -0.39 is 16.7 Å². The number of H-pyrrole nitrogens is 1. The minimum absolute atomic E-state index is 0.0105. The number of fused-ring (bicyclic) bond motifs is 1. The van der Waals surface area contributed by atoms with Crippen molar-refractivity contribution in [2.24, 2.45) is 5.92 Å². The molecule has 1 aliphatic carbocycles. The van der Waals surface area contributed by atoms with Gasteiger partial charge in [0.05, 0.1) is 17.9 Å². The van der Waals surface area contributed by atoms with E-state index >= 15 is 0 Å². The Labute approximate surface area is 123 Å². The molecule has 8 nitrogen and oxygen atoms in total. The third-order valence-electron chi connectivity index (χ3n) is 3.57. The van der Waals surface area contributed by atoms with Crippen LogP contribution in [0.5, 0.6) is 0 Å². The lowest BCUT2D eigenvalue weighted by Crippen LogP contribution is -2.31. The Bertz CT molecular complexity index is 853. The Kier molecular flexibility index (Phi) is 3.23. The molecule has 110 valence electrons. The highest BCUT2D eigenvalue weighted by molar-refractivity contribution is 6.03. The third-order valence-corrected chi connectivity index (χ3v) is 3.57. The van der Waals surface area contributed by atoms with Crippen LogP contribution in [0.25, 0.3) is 6.08 Å². The minimum Gasteiger partial charge on any atom is -0.612 e. The summed E-state index contributed by atoms with van der Waals surface area (Å²) in [5, 5.41) is 34.6. The van der Waals surface area contributed by atoms with Crippen LogP contribution in [0.4, 0.5) is 0 Å². The molecule has 3 rings (SSSR count). The fourth-order valence-electron chi connectivity index (χ4n) is 2.56. The normalized spacial score (nSPS) is 17.6. The van der Waals surface area contributed by atoms with Crippen molar-refractivity contribution < 1.29 is 14.1 Å². The van der Waals surface area contributed by atoms with Crippen LogP contribution < -0.4 is 4.60 Å². The van der Waals surface area contributed by atoms with Gasteiger partial charge in [-0.1, -0.05) is 46.2 Å². The van der Waals surface area contributed by atoms with Crippen LogP contribution in [-0.4, -0.2) is 15.8 Å². The van der Waals surface area contributed by atoms with Gasteiger partial charge in [-0.05, 0) is 16.5 Å². The summed E-state index contributed by atoms with van der Waals surface area (Å²) in [6.07, 6.45) is 2.91. The number of aromatic amines is 1.